The molecule has 1 aromatic carbocycles. The van der Waals surface area contributed by atoms with Gasteiger partial charge in [-0.05, 0) is 25.0 Å². The molecule has 6 nitrogen and oxygen atoms in total. The molecule has 0 bridgehead atoms. The van der Waals surface area contributed by atoms with E-state index in [4.69, 9.17) is 5.11 Å². The van der Waals surface area contributed by atoms with E-state index in [0.29, 0.717) is 12.8 Å². The second-order valence-corrected chi connectivity index (χ2v) is 6.34. The van der Waals surface area contributed by atoms with E-state index >= 15 is 0 Å². The molecule has 1 saturated heterocycles. The van der Waals surface area contributed by atoms with Gasteiger partial charge in [0.1, 0.15) is 0 Å². The summed E-state index contributed by atoms with van der Waals surface area (Å²) in [6.45, 7) is 0.412. The molecule has 1 heterocycles. The number of nitrogens with zero attached hydrogens (tertiary/aromatic N) is 1. The molecule has 0 amide bonds. The number of benzene rings is 1. The molecule has 1 aromatic rings. The minimum Gasteiger partial charge on any atom is -0.478 e. The number of carboxylic acid groups (broad SMARTS) is 1. The summed E-state index contributed by atoms with van der Waals surface area (Å²) < 4.78 is 26.0. The zero-order valence-electron chi connectivity index (χ0n) is 10.2. The molecule has 19 heavy (non-hydrogen) atoms. The number of piperidine rings is 1. The van der Waals surface area contributed by atoms with E-state index in [1.807, 2.05) is 0 Å². The van der Waals surface area contributed by atoms with Crippen LogP contribution in [-0.2, 0) is 10.0 Å². The molecule has 2 N–H and O–H groups in total. The zero-order valence-corrected chi connectivity index (χ0v) is 11.0. The Kier molecular flexibility index (Phi) is 3.88. The Morgan fingerprint density at radius 1 is 1.21 bits per heavy atom. The average molecular weight is 285 g/mol. The summed E-state index contributed by atoms with van der Waals surface area (Å²) in [5.74, 6) is -1.27. The van der Waals surface area contributed by atoms with Crippen LogP contribution < -0.4 is 0 Å². The van der Waals surface area contributed by atoms with Crippen LogP contribution in [0, 0.1) is 0 Å². The maximum Gasteiger partial charge on any atom is 0.337 e. The van der Waals surface area contributed by atoms with Crippen LogP contribution in [0.4, 0.5) is 0 Å². The molecule has 104 valence electrons. The molecule has 1 fully saturated rings. The van der Waals surface area contributed by atoms with Gasteiger partial charge in [0.2, 0.25) is 10.0 Å². The largest absolute Gasteiger partial charge is 0.478 e. The van der Waals surface area contributed by atoms with Crippen LogP contribution in [0.25, 0.3) is 0 Å². The van der Waals surface area contributed by atoms with E-state index in [1.165, 1.54) is 28.6 Å². The normalized spacial score (nSPS) is 18.4. The molecule has 0 aliphatic carbocycles. The lowest BCUT2D eigenvalue weighted by Crippen LogP contribution is -2.40. The Labute approximate surface area is 111 Å². The Morgan fingerprint density at radius 3 is 2.37 bits per heavy atom. The molecule has 7 heteroatoms. The van der Waals surface area contributed by atoms with Gasteiger partial charge < -0.3 is 10.2 Å². The zero-order chi connectivity index (χ0) is 14.0. The van der Waals surface area contributed by atoms with Gasteiger partial charge in [-0.1, -0.05) is 12.1 Å². The number of sulfonamides is 1. The highest BCUT2D eigenvalue weighted by molar-refractivity contribution is 7.89. The van der Waals surface area contributed by atoms with Crippen LogP contribution in [-0.4, -0.2) is 48.1 Å². The third-order valence-corrected chi connectivity index (χ3v) is 5.12. The van der Waals surface area contributed by atoms with Crippen molar-refractivity contribution >= 4 is 16.0 Å². The standard InChI is InChI=1S/C12H15NO5S/c14-9-5-7-13(8-6-9)19(17,18)11-4-2-1-3-10(11)12(15)16/h1-4,9,14H,5-8H2,(H,15,16). The summed E-state index contributed by atoms with van der Waals surface area (Å²) in [5, 5.41) is 18.4. The van der Waals surface area contributed by atoms with Gasteiger partial charge in [0.15, 0.2) is 0 Å². The maximum atomic E-state index is 12.4. The third-order valence-electron chi connectivity index (χ3n) is 3.16. The van der Waals surface area contributed by atoms with E-state index in [1.54, 1.807) is 0 Å². The van der Waals surface area contributed by atoms with Crippen LogP contribution in [0.5, 0.6) is 0 Å². The first-order valence-electron chi connectivity index (χ1n) is 5.93. The molecule has 0 radical (unpaired) electrons. The monoisotopic (exact) mass is 285 g/mol. The number of rotatable bonds is 3. The van der Waals surface area contributed by atoms with Crippen molar-refractivity contribution in [2.24, 2.45) is 0 Å². The number of carbonyl (C=O) groups is 1. The van der Waals surface area contributed by atoms with Gasteiger partial charge in [0.05, 0.1) is 16.6 Å². The van der Waals surface area contributed by atoms with Crippen molar-refractivity contribution in [3.05, 3.63) is 29.8 Å². The van der Waals surface area contributed by atoms with Gasteiger partial charge in [-0.25, -0.2) is 13.2 Å². The van der Waals surface area contributed by atoms with Crippen molar-refractivity contribution in [1.29, 1.82) is 0 Å². The first-order chi connectivity index (χ1) is 8.93. The van der Waals surface area contributed by atoms with Gasteiger partial charge in [0, 0.05) is 13.1 Å². The second-order valence-electron chi connectivity index (χ2n) is 4.44. The fourth-order valence-corrected chi connectivity index (χ4v) is 3.74. The Bertz CT molecular complexity index is 576. The number of aliphatic hydroxyl groups is 1. The van der Waals surface area contributed by atoms with Crippen LogP contribution >= 0.6 is 0 Å². The molecule has 0 saturated carbocycles. The van der Waals surface area contributed by atoms with Crippen molar-refractivity contribution < 1.29 is 23.4 Å². The highest BCUT2D eigenvalue weighted by atomic mass is 32.2. The average Bonchev–Trinajstić information content (AvgIpc) is 2.39. The van der Waals surface area contributed by atoms with Crippen molar-refractivity contribution in [1.82, 2.24) is 4.31 Å². The van der Waals surface area contributed by atoms with E-state index in [9.17, 15) is 18.3 Å². The predicted molar refractivity (Wildman–Crippen MR) is 67.4 cm³/mol. The van der Waals surface area contributed by atoms with Crippen LogP contribution in [0.2, 0.25) is 0 Å². The lowest BCUT2D eigenvalue weighted by Gasteiger charge is -2.29. The van der Waals surface area contributed by atoms with Crippen molar-refractivity contribution in [3.8, 4) is 0 Å². The fraction of sp³-hybridized carbons (Fsp3) is 0.417. The SMILES string of the molecule is O=C(O)c1ccccc1S(=O)(=O)N1CCC(O)CC1. The molecule has 0 aromatic heterocycles. The molecule has 1 aliphatic heterocycles. The fourth-order valence-electron chi connectivity index (χ4n) is 2.09. The first kappa shape index (κ1) is 14.0. The quantitative estimate of drug-likeness (QED) is 0.844. The van der Waals surface area contributed by atoms with Crippen molar-refractivity contribution in [2.75, 3.05) is 13.1 Å². The molecule has 0 unspecified atom stereocenters. The summed E-state index contributed by atoms with van der Waals surface area (Å²) in [7, 11) is -3.82. The van der Waals surface area contributed by atoms with E-state index < -0.39 is 22.1 Å². The number of carboxylic acids is 1. The van der Waals surface area contributed by atoms with Crippen LogP contribution in [0.3, 0.4) is 0 Å². The molecular weight excluding hydrogens is 270 g/mol. The van der Waals surface area contributed by atoms with Gasteiger partial charge in [-0.15, -0.1) is 0 Å². The van der Waals surface area contributed by atoms with Crippen molar-refractivity contribution in [2.45, 2.75) is 23.8 Å². The lowest BCUT2D eigenvalue weighted by atomic mass is 10.1. The predicted octanol–water partition coefficient (Wildman–Crippen LogP) is 0.530. The lowest BCUT2D eigenvalue weighted by molar-refractivity contribution is 0.0691. The van der Waals surface area contributed by atoms with Gasteiger partial charge in [0.25, 0.3) is 0 Å². The van der Waals surface area contributed by atoms with Gasteiger partial charge >= 0.3 is 5.97 Å². The van der Waals surface area contributed by atoms with Crippen LogP contribution in [0.1, 0.15) is 23.2 Å². The van der Waals surface area contributed by atoms with Crippen molar-refractivity contribution in [3.63, 3.8) is 0 Å². The molecular formula is C12H15NO5S. The van der Waals surface area contributed by atoms with Gasteiger partial charge in [-0.2, -0.15) is 4.31 Å². The van der Waals surface area contributed by atoms with Gasteiger partial charge in [-0.3, -0.25) is 0 Å². The Hall–Kier alpha value is -1.44. The number of hydrogen-bond acceptors (Lipinski definition) is 4. The summed E-state index contributed by atoms with van der Waals surface area (Å²) in [4.78, 5) is 10.9. The highest BCUT2D eigenvalue weighted by Gasteiger charge is 2.31. The minimum atomic E-state index is -3.82. The smallest absolute Gasteiger partial charge is 0.337 e. The minimum absolute atomic E-state index is 0.195. The number of hydrogen-bond donors (Lipinski definition) is 2. The second kappa shape index (κ2) is 5.28. The number of aromatic carboxylic acids is 1. The maximum absolute atomic E-state index is 12.4. The highest BCUT2D eigenvalue weighted by Crippen LogP contribution is 2.23. The van der Waals surface area contributed by atoms with E-state index in [2.05, 4.69) is 0 Å². The topological polar surface area (TPSA) is 94.9 Å². The summed E-state index contributed by atoms with van der Waals surface area (Å²) in [6, 6.07) is 5.55. The first-order valence-corrected chi connectivity index (χ1v) is 7.37. The molecule has 2 rings (SSSR count). The van der Waals surface area contributed by atoms with Crippen LogP contribution in [0.15, 0.2) is 29.2 Å². The summed E-state index contributed by atoms with van der Waals surface area (Å²) in [6.07, 6.45) is 0.254. The number of aliphatic hydroxyl groups excluding tert-OH is 1. The van der Waals surface area contributed by atoms with E-state index in [-0.39, 0.29) is 23.5 Å². The Morgan fingerprint density at radius 2 is 1.79 bits per heavy atom. The third kappa shape index (κ3) is 2.78. The molecule has 0 atom stereocenters. The summed E-state index contributed by atoms with van der Waals surface area (Å²) in [5.41, 5.74) is -0.228. The molecule has 1 aliphatic rings. The Balaban J connectivity index is 2.37. The summed E-state index contributed by atoms with van der Waals surface area (Å²) >= 11 is 0. The molecule has 0 spiro atoms. The van der Waals surface area contributed by atoms with E-state index in [0.717, 1.165) is 0 Å².